The van der Waals surface area contributed by atoms with Crippen LogP contribution in [-0.2, 0) is 6.42 Å². The number of aromatic amines is 1. The molecular weight excluding hydrogens is 465 g/mol. The van der Waals surface area contributed by atoms with Crippen LogP contribution in [0.4, 0.5) is 18.9 Å². The third-order valence-electron chi connectivity index (χ3n) is 7.60. The Morgan fingerprint density at radius 1 is 1.14 bits per heavy atom. The van der Waals surface area contributed by atoms with Gasteiger partial charge in [0.25, 0.3) is 5.92 Å². The molecule has 1 aromatic heterocycles. The van der Waals surface area contributed by atoms with Gasteiger partial charge in [-0.25, -0.2) is 13.2 Å². The molecule has 36 heavy (non-hydrogen) atoms. The summed E-state index contributed by atoms with van der Waals surface area (Å²) in [7, 11) is 0. The third-order valence-corrected chi connectivity index (χ3v) is 7.60. The zero-order valence-electron chi connectivity index (χ0n) is 20.9. The van der Waals surface area contributed by atoms with Crippen LogP contribution < -0.4 is 5.32 Å². The van der Waals surface area contributed by atoms with Gasteiger partial charge in [-0.2, -0.15) is 0 Å². The molecule has 0 aliphatic carbocycles. The van der Waals surface area contributed by atoms with Crippen LogP contribution in [-0.4, -0.2) is 70.7 Å². The monoisotopic (exact) mass is 500 g/mol. The maximum atomic E-state index is 14.4. The number of hydrogen-bond acceptors (Lipinski definition) is 4. The number of nitrogens with zero attached hydrogens (tertiary/aromatic N) is 2. The van der Waals surface area contributed by atoms with E-state index in [9.17, 15) is 18.3 Å². The second-order valence-corrected chi connectivity index (χ2v) is 10.4. The molecule has 0 bridgehead atoms. The van der Waals surface area contributed by atoms with Gasteiger partial charge >= 0.3 is 0 Å². The van der Waals surface area contributed by atoms with E-state index in [1.165, 1.54) is 25.0 Å². The molecule has 8 heteroatoms. The summed E-state index contributed by atoms with van der Waals surface area (Å²) in [6.07, 6.45) is 2.94. The van der Waals surface area contributed by atoms with E-state index in [-0.39, 0.29) is 11.9 Å². The van der Waals surface area contributed by atoms with Crippen LogP contribution in [0, 0.1) is 5.82 Å². The van der Waals surface area contributed by atoms with Gasteiger partial charge in [0.15, 0.2) is 0 Å². The third kappa shape index (κ3) is 4.99. The number of aliphatic hydroxyl groups excluding tert-OH is 1. The number of unbranched alkanes of at least 4 members (excludes halogenated alkanes) is 1. The van der Waals surface area contributed by atoms with E-state index in [1.54, 1.807) is 11.0 Å². The lowest BCUT2D eigenvalue weighted by molar-refractivity contribution is -0.0864. The van der Waals surface area contributed by atoms with Crippen molar-refractivity contribution in [2.45, 2.75) is 57.2 Å². The Morgan fingerprint density at radius 2 is 1.89 bits per heavy atom. The fraction of sp³-hybridized carbons (Fsp3) is 0.500. The number of aliphatic hydroxyl groups is 1. The molecule has 2 aliphatic rings. The van der Waals surface area contributed by atoms with Crippen molar-refractivity contribution in [1.29, 1.82) is 0 Å². The lowest BCUT2D eigenvalue weighted by Gasteiger charge is -2.42. The summed E-state index contributed by atoms with van der Waals surface area (Å²) in [4.78, 5) is 7.59. The van der Waals surface area contributed by atoms with Gasteiger partial charge in [-0.15, -0.1) is 0 Å². The first kappa shape index (κ1) is 25.1. The Kier molecular flexibility index (Phi) is 7.03. The van der Waals surface area contributed by atoms with Crippen LogP contribution in [0.5, 0.6) is 0 Å². The molecule has 0 radical (unpaired) electrons. The van der Waals surface area contributed by atoms with Gasteiger partial charge < -0.3 is 15.4 Å². The largest absolute Gasteiger partial charge is 0.390 e. The Hall–Kier alpha value is -2.55. The minimum Gasteiger partial charge on any atom is -0.390 e. The molecular formula is C28H35F3N4O. The summed E-state index contributed by atoms with van der Waals surface area (Å²) < 4.78 is 42.9. The number of benzene rings is 2. The predicted octanol–water partition coefficient (Wildman–Crippen LogP) is 5.17. The number of H-pyrrole nitrogens is 1. The van der Waals surface area contributed by atoms with E-state index in [1.807, 2.05) is 31.2 Å². The highest BCUT2D eigenvalue weighted by atomic mass is 19.3. The number of likely N-dealkylation sites (tertiary alicyclic amines) is 1. The van der Waals surface area contributed by atoms with Gasteiger partial charge in [0.2, 0.25) is 0 Å². The van der Waals surface area contributed by atoms with E-state index in [2.05, 4.69) is 22.1 Å². The number of alkyl halides is 2. The number of rotatable bonds is 9. The highest BCUT2D eigenvalue weighted by molar-refractivity contribution is 5.85. The van der Waals surface area contributed by atoms with E-state index >= 15 is 0 Å². The standard InChI is InChI=1S/C28H35F3N4O/c1-3-4-11-34-14-22(15-34)32-21-8-5-19(6-9-21)27-26-24(23-13-20(29)7-10-25(23)33-26)12-18(2)35(27)16-28(30,31)17-36/h5-10,13,18,22,27,32-33,36H,3-4,11-12,14-17H2,1-2H3. The fourth-order valence-electron chi connectivity index (χ4n) is 5.67. The molecule has 3 N–H and O–H groups in total. The Morgan fingerprint density at radius 3 is 2.58 bits per heavy atom. The zero-order chi connectivity index (χ0) is 25.4. The number of anilines is 1. The van der Waals surface area contributed by atoms with Crippen molar-refractivity contribution in [3.05, 3.63) is 65.1 Å². The van der Waals surface area contributed by atoms with Gasteiger partial charge in [0.1, 0.15) is 12.4 Å². The molecule has 2 aromatic carbocycles. The predicted molar refractivity (Wildman–Crippen MR) is 137 cm³/mol. The molecule has 2 atom stereocenters. The number of nitrogens with one attached hydrogen (secondary N) is 2. The Bertz CT molecular complexity index is 1190. The van der Waals surface area contributed by atoms with Gasteiger partial charge in [0, 0.05) is 41.4 Å². The van der Waals surface area contributed by atoms with Crippen LogP contribution in [0.15, 0.2) is 42.5 Å². The van der Waals surface area contributed by atoms with Gasteiger partial charge in [-0.05, 0) is 67.8 Å². The van der Waals surface area contributed by atoms with Crippen molar-refractivity contribution in [3.8, 4) is 0 Å². The fourth-order valence-corrected chi connectivity index (χ4v) is 5.67. The molecule has 5 nitrogen and oxygen atoms in total. The van der Waals surface area contributed by atoms with E-state index in [0.29, 0.717) is 12.5 Å². The highest BCUT2D eigenvalue weighted by Crippen LogP contribution is 2.42. The SMILES string of the molecule is CCCCN1CC(Nc2ccc(C3c4[nH]c5ccc(F)cc5c4CC(C)N3CC(F)(F)CO)cc2)C1. The molecule has 3 heterocycles. The van der Waals surface area contributed by atoms with Crippen LogP contribution >= 0.6 is 0 Å². The average molecular weight is 501 g/mol. The number of fused-ring (bicyclic) bond motifs is 3. The van der Waals surface area contributed by atoms with Gasteiger partial charge in [0.05, 0.1) is 18.6 Å². The van der Waals surface area contributed by atoms with Crippen LogP contribution in [0.25, 0.3) is 10.9 Å². The number of hydrogen-bond donors (Lipinski definition) is 3. The van der Waals surface area contributed by atoms with Gasteiger partial charge in [-0.1, -0.05) is 25.5 Å². The summed E-state index contributed by atoms with van der Waals surface area (Å²) in [6, 6.07) is 12.3. The minimum atomic E-state index is -3.22. The lowest BCUT2D eigenvalue weighted by Crippen LogP contribution is -2.54. The smallest absolute Gasteiger partial charge is 0.283 e. The second kappa shape index (κ2) is 10.1. The molecule has 0 spiro atoms. The summed E-state index contributed by atoms with van der Waals surface area (Å²) in [6.45, 7) is 5.55. The molecule has 1 fully saturated rings. The maximum Gasteiger partial charge on any atom is 0.283 e. The molecule has 2 aliphatic heterocycles. The molecule has 194 valence electrons. The van der Waals surface area contributed by atoms with E-state index in [0.717, 1.165) is 53.0 Å². The highest BCUT2D eigenvalue weighted by Gasteiger charge is 2.41. The van der Waals surface area contributed by atoms with Crippen molar-refractivity contribution in [2.75, 3.05) is 38.1 Å². The normalized spacial score (nSPS) is 21.5. The summed E-state index contributed by atoms with van der Waals surface area (Å²) >= 11 is 0. The van der Waals surface area contributed by atoms with Crippen molar-refractivity contribution >= 4 is 16.6 Å². The quantitative estimate of drug-likeness (QED) is 0.380. The summed E-state index contributed by atoms with van der Waals surface area (Å²) in [5.41, 5.74) is 4.47. The molecule has 0 amide bonds. The maximum absolute atomic E-state index is 14.4. The van der Waals surface area contributed by atoms with E-state index in [4.69, 9.17) is 0 Å². The van der Waals surface area contributed by atoms with Crippen LogP contribution in [0.2, 0.25) is 0 Å². The molecule has 1 saturated heterocycles. The minimum absolute atomic E-state index is 0.218. The first-order chi connectivity index (χ1) is 17.3. The van der Waals surface area contributed by atoms with Crippen molar-refractivity contribution in [1.82, 2.24) is 14.8 Å². The molecule has 0 saturated carbocycles. The number of halogens is 3. The van der Waals surface area contributed by atoms with E-state index < -0.39 is 25.1 Å². The first-order valence-corrected chi connectivity index (χ1v) is 12.9. The molecule has 2 unspecified atom stereocenters. The topological polar surface area (TPSA) is 54.5 Å². The zero-order valence-corrected chi connectivity index (χ0v) is 20.9. The average Bonchev–Trinajstić information content (AvgIpc) is 3.18. The summed E-state index contributed by atoms with van der Waals surface area (Å²) in [5.74, 6) is -3.54. The molecule has 3 aromatic rings. The lowest BCUT2D eigenvalue weighted by atomic mass is 9.88. The number of aromatic nitrogens is 1. The first-order valence-electron chi connectivity index (χ1n) is 12.9. The summed E-state index contributed by atoms with van der Waals surface area (Å²) in [5, 5.41) is 13.7. The molecule has 5 rings (SSSR count). The second-order valence-electron chi connectivity index (χ2n) is 10.4. The van der Waals surface area contributed by atoms with Gasteiger partial charge in [-0.3, -0.25) is 9.80 Å². The van der Waals surface area contributed by atoms with Crippen LogP contribution in [0.1, 0.15) is 49.6 Å². The van der Waals surface area contributed by atoms with Crippen molar-refractivity contribution in [3.63, 3.8) is 0 Å². The van der Waals surface area contributed by atoms with Crippen LogP contribution in [0.3, 0.4) is 0 Å². The van der Waals surface area contributed by atoms with Crippen molar-refractivity contribution < 1.29 is 18.3 Å². The Labute approximate surface area is 210 Å². The van der Waals surface area contributed by atoms with Crippen molar-refractivity contribution in [2.24, 2.45) is 0 Å². The Balaban J connectivity index is 1.43.